The fourth-order valence-electron chi connectivity index (χ4n) is 5.80. The summed E-state index contributed by atoms with van der Waals surface area (Å²) in [5, 5.41) is 0. The first-order chi connectivity index (χ1) is 15.3. The van der Waals surface area contributed by atoms with Gasteiger partial charge in [0.25, 0.3) is 0 Å². The Morgan fingerprint density at radius 1 is 0.844 bits per heavy atom. The van der Waals surface area contributed by atoms with Crippen molar-refractivity contribution in [3.05, 3.63) is 29.8 Å². The highest BCUT2D eigenvalue weighted by Gasteiger charge is 2.31. The maximum absolute atomic E-state index is 12.6. The quantitative estimate of drug-likeness (QED) is 0.213. The molecular weight excluding hydrogens is 413 g/mol. The van der Waals surface area contributed by atoms with Gasteiger partial charge in [-0.15, -0.1) is 0 Å². The number of hydrogen-bond acceptors (Lipinski definition) is 2. The molecule has 0 amide bonds. The summed E-state index contributed by atoms with van der Waals surface area (Å²) in [5.74, 6) is 3.12. The van der Waals surface area contributed by atoms with E-state index in [-0.39, 0.29) is 11.7 Å². The number of ether oxygens (including phenoxy) is 1. The van der Waals surface area contributed by atoms with E-state index in [1.807, 2.05) is 0 Å². The van der Waals surface area contributed by atoms with Crippen LogP contribution in [-0.4, -0.2) is 5.97 Å². The van der Waals surface area contributed by atoms with Gasteiger partial charge in [-0.05, 0) is 80.0 Å². The van der Waals surface area contributed by atoms with Gasteiger partial charge in [0.15, 0.2) is 0 Å². The summed E-state index contributed by atoms with van der Waals surface area (Å²) in [6.45, 7) is 2.27. The molecule has 3 rings (SSSR count). The number of unbranched alkanes of at least 4 members (excludes halogenated alkanes) is 2. The van der Waals surface area contributed by atoms with Crippen molar-refractivity contribution in [3.8, 4) is 5.75 Å². The maximum atomic E-state index is 12.6. The number of alkyl halides is 3. The molecule has 0 heterocycles. The molecule has 32 heavy (non-hydrogen) atoms. The van der Waals surface area contributed by atoms with E-state index < -0.39 is 11.7 Å². The van der Waals surface area contributed by atoms with Crippen LogP contribution in [0.15, 0.2) is 24.3 Å². The molecule has 2 saturated carbocycles. The van der Waals surface area contributed by atoms with Crippen molar-refractivity contribution >= 4 is 5.97 Å². The van der Waals surface area contributed by atoms with E-state index >= 15 is 0 Å². The molecule has 2 nitrogen and oxygen atoms in total. The number of rotatable bonds is 9. The molecule has 1 aromatic carbocycles. The van der Waals surface area contributed by atoms with Gasteiger partial charge in [0.05, 0.1) is 5.56 Å². The van der Waals surface area contributed by atoms with Crippen LogP contribution in [0.4, 0.5) is 13.2 Å². The van der Waals surface area contributed by atoms with Gasteiger partial charge in [-0.25, -0.2) is 0 Å². The van der Waals surface area contributed by atoms with E-state index in [9.17, 15) is 18.0 Å². The molecule has 0 spiro atoms. The second-order valence-electron chi connectivity index (χ2n) is 10.1. The monoisotopic (exact) mass is 452 g/mol. The van der Waals surface area contributed by atoms with E-state index in [4.69, 9.17) is 4.74 Å². The van der Waals surface area contributed by atoms with Gasteiger partial charge < -0.3 is 4.74 Å². The molecule has 5 heteroatoms. The smallest absolute Gasteiger partial charge is 0.416 e. The minimum absolute atomic E-state index is 0.178. The maximum Gasteiger partial charge on any atom is 0.416 e. The molecule has 0 bridgehead atoms. The zero-order chi connectivity index (χ0) is 23.0. The van der Waals surface area contributed by atoms with Gasteiger partial charge in [0.2, 0.25) is 0 Å². The molecule has 180 valence electrons. The number of hydrogen-bond donors (Lipinski definition) is 0. The third-order valence-electron chi connectivity index (χ3n) is 7.84. The Hall–Kier alpha value is -1.52. The van der Waals surface area contributed by atoms with E-state index in [1.54, 1.807) is 0 Å². The van der Waals surface area contributed by atoms with Crippen molar-refractivity contribution < 1.29 is 22.7 Å². The molecule has 0 saturated heterocycles. The van der Waals surface area contributed by atoms with Crippen molar-refractivity contribution in [2.24, 2.45) is 23.7 Å². The normalized spacial score (nSPS) is 26.6. The SMILES string of the molecule is CCCCCC1CCC(C2CCC(CCC(=O)Oc3ccc(C(F)(F)F)cc3)CC2)CC1. The fraction of sp³-hybridized carbons (Fsp3) is 0.741. The first kappa shape index (κ1) is 25.1. The van der Waals surface area contributed by atoms with Gasteiger partial charge in [-0.3, -0.25) is 4.79 Å². The first-order valence-corrected chi connectivity index (χ1v) is 12.7. The summed E-state index contributed by atoms with van der Waals surface area (Å²) < 4.78 is 43.1. The lowest BCUT2D eigenvalue weighted by atomic mass is 9.68. The standard InChI is InChI=1S/C27H39F3O2/c1-2-3-4-5-20-6-11-22(12-7-20)23-13-8-21(9-14-23)10-19-26(31)32-25-17-15-24(16-18-25)27(28,29)30/h15-18,20-23H,2-14,19H2,1H3. The van der Waals surface area contributed by atoms with Crippen LogP contribution < -0.4 is 4.74 Å². The largest absolute Gasteiger partial charge is 0.427 e. The van der Waals surface area contributed by atoms with Crippen LogP contribution in [0, 0.1) is 23.7 Å². The van der Waals surface area contributed by atoms with Crippen LogP contribution in [0.2, 0.25) is 0 Å². The average Bonchev–Trinajstić information content (AvgIpc) is 2.78. The van der Waals surface area contributed by atoms with Crippen LogP contribution >= 0.6 is 0 Å². The molecule has 0 N–H and O–H groups in total. The lowest BCUT2D eigenvalue weighted by Gasteiger charge is -2.38. The summed E-state index contributed by atoms with van der Waals surface area (Å²) in [6, 6.07) is 4.32. The molecule has 2 aliphatic rings. The second kappa shape index (κ2) is 12.1. The van der Waals surface area contributed by atoms with Gasteiger partial charge in [0.1, 0.15) is 5.75 Å². The van der Waals surface area contributed by atoms with Crippen LogP contribution in [0.3, 0.4) is 0 Å². The predicted octanol–water partition coefficient (Wildman–Crippen LogP) is 8.58. The number of benzene rings is 1. The van der Waals surface area contributed by atoms with Gasteiger partial charge in [-0.2, -0.15) is 13.2 Å². The second-order valence-corrected chi connectivity index (χ2v) is 10.1. The topological polar surface area (TPSA) is 26.3 Å². The number of carbonyl (C=O) groups excluding carboxylic acids is 1. The number of halogens is 3. The molecule has 2 aliphatic carbocycles. The van der Waals surface area contributed by atoms with Crippen molar-refractivity contribution in [2.75, 3.05) is 0 Å². The first-order valence-electron chi connectivity index (χ1n) is 12.7. The highest BCUT2D eigenvalue weighted by Crippen LogP contribution is 2.43. The third-order valence-corrected chi connectivity index (χ3v) is 7.84. The Morgan fingerprint density at radius 3 is 1.88 bits per heavy atom. The minimum Gasteiger partial charge on any atom is -0.427 e. The Morgan fingerprint density at radius 2 is 1.38 bits per heavy atom. The molecule has 0 aromatic heterocycles. The minimum atomic E-state index is -4.38. The Balaban J connectivity index is 1.31. The van der Waals surface area contributed by atoms with Crippen LogP contribution in [0.25, 0.3) is 0 Å². The van der Waals surface area contributed by atoms with Crippen LogP contribution in [-0.2, 0) is 11.0 Å². The average molecular weight is 453 g/mol. The summed E-state index contributed by atoms with van der Waals surface area (Å²) in [4.78, 5) is 12.1. The van der Waals surface area contributed by atoms with Crippen LogP contribution in [0.5, 0.6) is 5.75 Å². The summed E-state index contributed by atoms with van der Waals surface area (Å²) in [7, 11) is 0. The summed E-state index contributed by atoms with van der Waals surface area (Å²) in [6.07, 6.45) is 12.9. The summed E-state index contributed by atoms with van der Waals surface area (Å²) in [5.41, 5.74) is -0.737. The molecule has 0 radical (unpaired) electrons. The number of carbonyl (C=O) groups is 1. The molecule has 1 aromatic rings. The zero-order valence-electron chi connectivity index (χ0n) is 19.5. The highest BCUT2D eigenvalue weighted by molar-refractivity contribution is 5.72. The van der Waals surface area contributed by atoms with E-state index in [0.29, 0.717) is 12.3 Å². The van der Waals surface area contributed by atoms with E-state index in [0.717, 1.165) is 36.3 Å². The molecular formula is C27H39F3O2. The van der Waals surface area contributed by atoms with Crippen molar-refractivity contribution in [1.82, 2.24) is 0 Å². The van der Waals surface area contributed by atoms with Crippen molar-refractivity contribution in [3.63, 3.8) is 0 Å². The van der Waals surface area contributed by atoms with Crippen molar-refractivity contribution in [2.45, 2.75) is 103 Å². The van der Waals surface area contributed by atoms with Gasteiger partial charge >= 0.3 is 12.1 Å². The van der Waals surface area contributed by atoms with Crippen LogP contribution in [0.1, 0.15) is 102 Å². The van der Waals surface area contributed by atoms with Gasteiger partial charge in [0, 0.05) is 6.42 Å². The molecule has 0 unspecified atom stereocenters. The van der Waals surface area contributed by atoms with Crippen molar-refractivity contribution in [1.29, 1.82) is 0 Å². The third kappa shape index (κ3) is 7.81. The zero-order valence-corrected chi connectivity index (χ0v) is 19.5. The number of esters is 1. The lowest BCUT2D eigenvalue weighted by Crippen LogP contribution is -2.26. The summed E-state index contributed by atoms with van der Waals surface area (Å²) >= 11 is 0. The molecule has 0 atom stereocenters. The van der Waals surface area contributed by atoms with Gasteiger partial charge in [-0.1, -0.05) is 58.3 Å². The molecule has 0 aliphatic heterocycles. The molecule has 2 fully saturated rings. The Kier molecular flexibility index (Phi) is 9.48. The predicted molar refractivity (Wildman–Crippen MR) is 121 cm³/mol. The lowest BCUT2D eigenvalue weighted by molar-refractivity contribution is -0.137. The fourth-order valence-corrected chi connectivity index (χ4v) is 5.80. The van der Waals surface area contributed by atoms with E-state index in [2.05, 4.69) is 6.92 Å². The van der Waals surface area contributed by atoms with E-state index in [1.165, 1.54) is 89.2 Å². The highest BCUT2D eigenvalue weighted by atomic mass is 19.4. The Bertz CT molecular complexity index is 682. The Labute approximate surface area is 191 Å².